The molecule has 7 heteroatoms. The van der Waals surface area contributed by atoms with Crippen molar-refractivity contribution < 1.29 is 13.2 Å². The second-order valence-electron chi connectivity index (χ2n) is 3.72. The SMILES string of the molecule is FC(F)(F)c1ccnc(Nc2cccc(CCl)c2)n1. The summed E-state index contributed by atoms with van der Waals surface area (Å²) in [7, 11) is 0. The van der Waals surface area contributed by atoms with E-state index >= 15 is 0 Å². The molecule has 0 aliphatic carbocycles. The van der Waals surface area contributed by atoms with Crippen LogP contribution in [-0.2, 0) is 12.1 Å². The summed E-state index contributed by atoms with van der Waals surface area (Å²) in [6, 6.07) is 7.79. The molecule has 0 aliphatic rings. The van der Waals surface area contributed by atoms with Crippen LogP contribution in [0.15, 0.2) is 36.5 Å². The molecule has 0 aliphatic heterocycles. The fourth-order valence-electron chi connectivity index (χ4n) is 1.44. The van der Waals surface area contributed by atoms with Gasteiger partial charge in [-0.15, -0.1) is 11.6 Å². The number of nitrogens with one attached hydrogen (secondary N) is 1. The van der Waals surface area contributed by atoms with Gasteiger partial charge in [-0.05, 0) is 23.8 Å². The normalized spacial score (nSPS) is 11.4. The molecule has 0 spiro atoms. The predicted octanol–water partition coefficient (Wildman–Crippen LogP) is 3.98. The molecular formula is C12H9ClF3N3. The summed E-state index contributed by atoms with van der Waals surface area (Å²) in [6.07, 6.45) is -3.43. The van der Waals surface area contributed by atoms with Crippen molar-refractivity contribution in [1.82, 2.24) is 9.97 Å². The van der Waals surface area contributed by atoms with Gasteiger partial charge in [0.05, 0.1) is 0 Å². The van der Waals surface area contributed by atoms with Gasteiger partial charge in [-0.3, -0.25) is 0 Å². The van der Waals surface area contributed by atoms with Crippen molar-refractivity contribution in [2.24, 2.45) is 0 Å². The van der Waals surface area contributed by atoms with Crippen molar-refractivity contribution >= 4 is 23.2 Å². The first kappa shape index (κ1) is 13.6. The van der Waals surface area contributed by atoms with Crippen LogP contribution >= 0.6 is 11.6 Å². The fraction of sp³-hybridized carbons (Fsp3) is 0.167. The lowest BCUT2D eigenvalue weighted by Gasteiger charge is -2.09. The third-order valence-electron chi connectivity index (χ3n) is 2.28. The average molecular weight is 288 g/mol. The van der Waals surface area contributed by atoms with E-state index in [1.807, 2.05) is 6.07 Å². The molecule has 1 aromatic carbocycles. The molecule has 3 nitrogen and oxygen atoms in total. The molecule has 1 aromatic heterocycles. The van der Waals surface area contributed by atoms with Gasteiger partial charge in [0.2, 0.25) is 5.95 Å². The van der Waals surface area contributed by atoms with E-state index < -0.39 is 11.9 Å². The van der Waals surface area contributed by atoms with Gasteiger partial charge in [0.25, 0.3) is 0 Å². The number of rotatable bonds is 3. The molecule has 19 heavy (non-hydrogen) atoms. The lowest BCUT2D eigenvalue weighted by molar-refractivity contribution is -0.141. The minimum atomic E-state index is -4.49. The minimum Gasteiger partial charge on any atom is -0.324 e. The van der Waals surface area contributed by atoms with Crippen LogP contribution in [0.3, 0.4) is 0 Å². The first-order chi connectivity index (χ1) is 8.99. The maximum atomic E-state index is 12.5. The Kier molecular flexibility index (Phi) is 3.90. The Morgan fingerprint density at radius 3 is 2.68 bits per heavy atom. The average Bonchev–Trinajstić information content (AvgIpc) is 2.38. The fourth-order valence-corrected chi connectivity index (χ4v) is 1.60. The third-order valence-corrected chi connectivity index (χ3v) is 2.59. The zero-order chi connectivity index (χ0) is 13.9. The highest BCUT2D eigenvalue weighted by atomic mass is 35.5. The zero-order valence-corrected chi connectivity index (χ0v) is 10.3. The van der Waals surface area contributed by atoms with E-state index in [0.29, 0.717) is 11.6 Å². The lowest BCUT2D eigenvalue weighted by atomic mass is 10.2. The van der Waals surface area contributed by atoms with Crippen molar-refractivity contribution in [2.45, 2.75) is 12.1 Å². The monoisotopic (exact) mass is 287 g/mol. The van der Waals surface area contributed by atoms with Crippen molar-refractivity contribution in [1.29, 1.82) is 0 Å². The van der Waals surface area contributed by atoms with Crippen LogP contribution in [0.25, 0.3) is 0 Å². The molecule has 0 atom stereocenters. The van der Waals surface area contributed by atoms with Crippen LogP contribution in [-0.4, -0.2) is 9.97 Å². The van der Waals surface area contributed by atoms with Gasteiger partial charge in [0, 0.05) is 17.8 Å². The van der Waals surface area contributed by atoms with E-state index in [1.54, 1.807) is 18.2 Å². The van der Waals surface area contributed by atoms with Gasteiger partial charge in [0.1, 0.15) is 5.69 Å². The van der Waals surface area contributed by atoms with Crippen molar-refractivity contribution in [3.8, 4) is 0 Å². The minimum absolute atomic E-state index is 0.110. The van der Waals surface area contributed by atoms with Crippen LogP contribution < -0.4 is 5.32 Å². The van der Waals surface area contributed by atoms with Crippen LogP contribution in [0, 0.1) is 0 Å². The van der Waals surface area contributed by atoms with E-state index in [1.165, 1.54) is 0 Å². The highest BCUT2D eigenvalue weighted by Crippen LogP contribution is 2.28. The van der Waals surface area contributed by atoms with Gasteiger partial charge in [-0.1, -0.05) is 12.1 Å². The smallest absolute Gasteiger partial charge is 0.324 e. The summed E-state index contributed by atoms with van der Waals surface area (Å²) < 4.78 is 37.5. The largest absolute Gasteiger partial charge is 0.433 e. The molecule has 0 bridgehead atoms. The van der Waals surface area contributed by atoms with E-state index in [9.17, 15) is 13.2 Å². The van der Waals surface area contributed by atoms with Gasteiger partial charge >= 0.3 is 6.18 Å². The molecule has 0 saturated heterocycles. The van der Waals surface area contributed by atoms with Gasteiger partial charge in [-0.25, -0.2) is 9.97 Å². The number of alkyl halides is 4. The Labute approximate surface area is 112 Å². The predicted molar refractivity (Wildman–Crippen MR) is 66.3 cm³/mol. The van der Waals surface area contributed by atoms with Crippen molar-refractivity contribution in [2.75, 3.05) is 5.32 Å². The molecular weight excluding hydrogens is 279 g/mol. The van der Waals surface area contributed by atoms with E-state index in [4.69, 9.17) is 11.6 Å². The maximum absolute atomic E-state index is 12.5. The van der Waals surface area contributed by atoms with Crippen LogP contribution in [0.4, 0.5) is 24.8 Å². The lowest BCUT2D eigenvalue weighted by Crippen LogP contribution is -2.10. The highest BCUT2D eigenvalue weighted by Gasteiger charge is 2.32. The molecule has 2 rings (SSSR count). The number of halogens is 4. The van der Waals surface area contributed by atoms with Crippen molar-refractivity contribution in [3.05, 3.63) is 47.8 Å². The molecule has 0 amide bonds. The number of benzene rings is 1. The summed E-state index contributed by atoms with van der Waals surface area (Å²) in [5, 5.41) is 2.71. The van der Waals surface area contributed by atoms with Gasteiger partial charge in [-0.2, -0.15) is 13.2 Å². The Bertz CT molecular complexity index is 572. The van der Waals surface area contributed by atoms with E-state index in [0.717, 1.165) is 17.8 Å². The number of nitrogens with zero attached hydrogens (tertiary/aromatic N) is 2. The zero-order valence-electron chi connectivity index (χ0n) is 9.58. The first-order valence-corrected chi connectivity index (χ1v) is 5.84. The summed E-state index contributed by atoms with van der Waals surface area (Å²) in [4.78, 5) is 7.16. The molecule has 0 saturated carbocycles. The molecule has 0 unspecified atom stereocenters. The Balaban J connectivity index is 2.23. The second kappa shape index (κ2) is 5.44. The second-order valence-corrected chi connectivity index (χ2v) is 3.99. The topological polar surface area (TPSA) is 37.8 Å². The van der Waals surface area contributed by atoms with Gasteiger partial charge in [0.15, 0.2) is 0 Å². The standard InChI is InChI=1S/C12H9ClF3N3/c13-7-8-2-1-3-9(6-8)18-11-17-5-4-10(19-11)12(14,15)16/h1-6H,7H2,(H,17,18,19). The van der Waals surface area contributed by atoms with Crippen LogP contribution in [0.1, 0.15) is 11.3 Å². The van der Waals surface area contributed by atoms with Crippen LogP contribution in [0.2, 0.25) is 0 Å². The summed E-state index contributed by atoms with van der Waals surface area (Å²) >= 11 is 5.68. The number of aromatic nitrogens is 2. The third kappa shape index (κ3) is 3.57. The molecule has 100 valence electrons. The quantitative estimate of drug-likeness (QED) is 0.868. The number of hydrogen-bond acceptors (Lipinski definition) is 3. The number of hydrogen-bond donors (Lipinski definition) is 1. The van der Waals surface area contributed by atoms with E-state index in [2.05, 4.69) is 15.3 Å². The molecule has 1 heterocycles. The Morgan fingerprint density at radius 1 is 1.21 bits per heavy atom. The summed E-state index contributed by atoms with van der Waals surface area (Å²) in [5.41, 5.74) is 0.439. The molecule has 1 N–H and O–H groups in total. The Hall–Kier alpha value is -1.82. The molecule has 0 fully saturated rings. The summed E-state index contributed by atoms with van der Waals surface area (Å²) in [5.74, 6) is 0.209. The number of anilines is 2. The van der Waals surface area contributed by atoms with Gasteiger partial charge < -0.3 is 5.32 Å². The van der Waals surface area contributed by atoms with Crippen molar-refractivity contribution in [3.63, 3.8) is 0 Å². The maximum Gasteiger partial charge on any atom is 0.433 e. The van der Waals surface area contributed by atoms with E-state index in [-0.39, 0.29) is 5.95 Å². The van der Waals surface area contributed by atoms with Crippen LogP contribution in [0.5, 0.6) is 0 Å². The molecule has 0 radical (unpaired) electrons. The molecule has 2 aromatic rings. The highest BCUT2D eigenvalue weighted by molar-refractivity contribution is 6.17. The summed E-state index contributed by atoms with van der Waals surface area (Å²) in [6.45, 7) is 0. The Morgan fingerprint density at radius 2 is 2.00 bits per heavy atom. The first-order valence-electron chi connectivity index (χ1n) is 5.31.